The molecule has 0 aliphatic carbocycles. The van der Waals surface area contributed by atoms with Crippen LogP contribution in [0.2, 0.25) is 19.6 Å². The van der Waals surface area contributed by atoms with Gasteiger partial charge in [-0.3, -0.25) is 0 Å². The molecular formula is C21H32NOPSi. The topological polar surface area (TPSA) is 32.3 Å². The number of aromatic hydroxyl groups is 1. The molecule has 0 fully saturated rings. The van der Waals surface area contributed by atoms with Crippen molar-refractivity contribution >= 4 is 32.5 Å². The summed E-state index contributed by atoms with van der Waals surface area (Å²) in [6.07, 6.45) is 0. The van der Waals surface area contributed by atoms with Gasteiger partial charge >= 0.3 is 0 Å². The third kappa shape index (κ3) is 5.41. The van der Waals surface area contributed by atoms with Crippen molar-refractivity contribution in [2.24, 2.45) is 0 Å². The Bertz CT molecular complexity index is 745. The van der Waals surface area contributed by atoms with Gasteiger partial charge in [-0.15, -0.1) is 0 Å². The molecule has 0 amide bonds. The Morgan fingerprint density at radius 3 is 2.28 bits per heavy atom. The Hall–Kier alpha value is -1.15. The average Bonchev–Trinajstić information content (AvgIpc) is 2.47. The van der Waals surface area contributed by atoms with Gasteiger partial charge in [0.25, 0.3) is 0 Å². The number of hydrogen-bond donors (Lipinski definition) is 2. The van der Waals surface area contributed by atoms with E-state index < -0.39 is 8.07 Å². The van der Waals surface area contributed by atoms with Gasteiger partial charge in [0.1, 0.15) is 5.75 Å². The summed E-state index contributed by atoms with van der Waals surface area (Å²) >= 11 is 0. The van der Waals surface area contributed by atoms with Crippen molar-refractivity contribution in [1.82, 2.24) is 5.32 Å². The summed E-state index contributed by atoms with van der Waals surface area (Å²) in [5.41, 5.74) is 2.71. The lowest BCUT2D eigenvalue weighted by Crippen LogP contribution is -2.39. The third-order valence-electron chi connectivity index (χ3n) is 4.27. The number of nitrogens with one attached hydrogen (secondary N) is 1. The van der Waals surface area contributed by atoms with Gasteiger partial charge in [-0.25, -0.2) is 0 Å². The van der Waals surface area contributed by atoms with Gasteiger partial charge < -0.3 is 10.4 Å². The quantitative estimate of drug-likeness (QED) is 0.618. The highest BCUT2D eigenvalue weighted by Crippen LogP contribution is 2.23. The monoisotopic (exact) mass is 373 g/mol. The van der Waals surface area contributed by atoms with Gasteiger partial charge in [0, 0.05) is 17.4 Å². The molecule has 0 bridgehead atoms. The zero-order chi connectivity index (χ0) is 18.8. The summed E-state index contributed by atoms with van der Waals surface area (Å²) in [7, 11) is -1.08. The second-order valence-electron chi connectivity index (χ2n) is 8.79. The zero-order valence-electron chi connectivity index (χ0n) is 16.6. The number of rotatable bonds is 5. The maximum Gasteiger partial charge on any atom is 0.122 e. The van der Waals surface area contributed by atoms with Gasteiger partial charge in [0.2, 0.25) is 0 Å². The molecule has 0 saturated heterocycles. The lowest BCUT2D eigenvalue weighted by molar-refractivity contribution is 0.425. The third-order valence-corrected chi connectivity index (χ3v) is 7.93. The van der Waals surface area contributed by atoms with Crippen molar-refractivity contribution < 1.29 is 5.11 Å². The first-order chi connectivity index (χ1) is 11.5. The standard InChI is InChI=1S/C21H32NOPSi/c1-15-10-8-11-16(14-22-21(2,3)4)20(15)24-17-12-9-13-18(19(17)23)25(5,6)7/h8-13,22-24H,14H2,1-7H3. The van der Waals surface area contributed by atoms with E-state index in [4.69, 9.17) is 0 Å². The van der Waals surface area contributed by atoms with Crippen molar-refractivity contribution in [3.8, 4) is 5.75 Å². The van der Waals surface area contributed by atoms with Gasteiger partial charge in [-0.2, -0.15) is 0 Å². The summed E-state index contributed by atoms with van der Waals surface area (Å²) in [5.74, 6) is 0.512. The van der Waals surface area contributed by atoms with E-state index in [2.05, 4.69) is 89.1 Å². The molecule has 1 atom stereocenters. The van der Waals surface area contributed by atoms with Crippen LogP contribution in [-0.4, -0.2) is 18.7 Å². The van der Waals surface area contributed by atoms with Gasteiger partial charge in [-0.1, -0.05) is 64.6 Å². The van der Waals surface area contributed by atoms with Crippen LogP contribution in [-0.2, 0) is 6.54 Å². The Balaban J connectivity index is 2.38. The number of benzene rings is 2. The summed E-state index contributed by atoms with van der Waals surface area (Å²) in [6, 6.07) is 12.8. The van der Waals surface area contributed by atoms with E-state index in [-0.39, 0.29) is 5.54 Å². The van der Waals surface area contributed by atoms with E-state index >= 15 is 0 Å². The molecule has 25 heavy (non-hydrogen) atoms. The number of para-hydroxylation sites is 1. The van der Waals surface area contributed by atoms with E-state index in [0.29, 0.717) is 14.3 Å². The number of phenolic OH excluding ortho intramolecular Hbond substituents is 1. The van der Waals surface area contributed by atoms with Crippen LogP contribution in [0.1, 0.15) is 31.9 Å². The van der Waals surface area contributed by atoms with Crippen LogP contribution in [0.5, 0.6) is 5.75 Å². The second kappa shape index (κ2) is 7.61. The molecule has 4 heteroatoms. The molecule has 0 saturated carbocycles. The zero-order valence-corrected chi connectivity index (χ0v) is 18.6. The average molecular weight is 374 g/mol. The summed E-state index contributed by atoms with van der Waals surface area (Å²) in [4.78, 5) is 0. The first-order valence-electron chi connectivity index (χ1n) is 8.92. The van der Waals surface area contributed by atoms with Crippen LogP contribution in [0.3, 0.4) is 0 Å². The van der Waals surface area contributed by atoms with E-state index in [1.54, 1.807) is 0 Å². The minimum atomic E-state index is -1.55. The molecule has 2 aromatic carbocycles. The molecule has 1 unspecified atom stereocenters. The maximum atomic E-state index is 10.9. The number of aryl methyl sites for hydroxylation is 1. The van der Waals surface area contributed by atoms with Crippen molar-refractivity contribution in [3.05, 3.63) is 47.5 Å². The maximum absolute atomic E-state index is 10.9. The molecular weight excluding hydrogens is 341 g/mol. The van der Waals surface area contributed by atoms with E-state index in [1.807, 2.05) is 0 Å². The first kappa shape index (κ1) is 20.2. The molecule has 0 aromatic heterocycles. The van der Waals surface area contributed by atoms with Gasteiger partial charge in [-0.05, 0) is 49.3 Å². The van der Waals surface area contributed by atoms with Gasteiger partial charge in [0.15, 0.2) is 0 Å². The molecule has 2 aromatic rings. The minimum Gasteiger partial charge on any atom is -0.507 e. The van der Waals surface area contributed by atoms with Crippen molar-refractivity contribution in [1.29, 1.82) is 0 Å². The molecule has 136 valence electrons. The van der Waals surface area contributed by atoms with Gasteiger partial charge in [0.05, 0.1) is 8.07 Å². The first-order valence-corrected chi connectivity index (χ1v) is 13.4. The molecule has 0 aliphatic heterocycles. The van der Waals surface area contributed by atoms with Crippen LogP contribution in [0.25, 0.3) is 0 Å². The Morgan fingerprint density at radius 2 is 1.68 bits per heavy atom. The normalized spacial score (nSPS) is 12.9. The largest absolute Gasteiger partial charge is 0.507 e. The molecule has 2 N–H and O–H groups in total. The summed E-state index contributed by atoms with van der Waals surface area (Å²) in [6.45, 7) is 16.4. The highest BCUT2D eigenvalue weighted by molar-refractivity contribution is 7.56. The molecule has 0 spiro atoms. The van der Waals surface area contributed by atoms with E-state index in [9.17, 15) is 5.11 Å². The Labute approximate surface area is 155 Å². The molecule has 0 radical (unpaired) electrons. The highest BCUT2D eigenvalue weighted by Gasteiger charge is 2.22. The number of phenols is 1. The van der Waals surface area contributed by atoms with Crippen molar-refractivity contribution in [3.63, 3.8) is 0 Å². The molecule has 0 heterocycles. The second-order valence-corrected chi connectivity index (χ2v) is 15.1. The van der Waals surface area contributed by atoms with Crippen LogP contribution in [0.15, 0.2) is 36.4 Å². The fourth-order valence-electron chi connectivity index (χ4n) is 2.80. The van der Waals surface area contributed by atoms with Crippen LogP contribution < -0.4 is 21.1 Å². The number of hydrogen-bond acceptors (Lipinski definition) is 2. The lowest BCUT2D eigenvalue weighted by Gasteiger charge is -2.23. The predicted molar refractivity (Wildman–Crippen MR) is 116 cm³/mol. The van der Waals surface area contributed by atoms with Crippen LogP contribution in [0, 0.1) is 6.92 Å². The van der Waals surface area contributed by atoms with Crippen molar-refractivity contribution in [2.75, 3.05) is 0 Å². The predicted octanol–water partition coefficient (Wildman–Crippen LogP) is 3.76. The smallest absolute Gasteiger partial charge is 0.122 e. The fourth-order valence-corrected chi connectivity index (χ4v) is 5.68. The summed E-state index contributed by atoms with van der Waals surface area (Å²) in [5, 5.41) is 18.0. The SMILES string of the molecule is Cc1cccc(CNC(C)(C)C)c1Pc1cccc([Si](C)(C)C)c1O. The Morgan fingerprint density at radius 1 is 1.04 bits per heavy atom. The molecule has 2 rings (SSSR count). The van der Waals surface area contributed by atoms with Crippen LogP contribution >= 0.6 is 8.58 Å². The lowest BCUT2D eigenvalue weighted by atomic mass is 10.1. The minimum absolute atomic E-state index is 0.0873. The van der Waals surface area contributed by atoms with E-state index in [0.717, 1.165) is 17.0 Å². The highest BCUT2D eigenvalue weighted by atomic mass is 31.1. The van der Waals surface area contributed by atoms with Crippen molar-refractivity contribution in [2.45, 2.75) is 59.4 Å². The van der Waals surface area contributed by atoms with Crippen LogP contribution in [0.4, 0.5) is 0 Å². The summed E-state index contributed by atoms with van der Waals surface area (Å²) < 4.78 is 0. The van der Waals surface area contributed by atoms with E-state index in [1.165, 1.54) is 16.4 Å². The fraction of sp³-hybridized carbons (Fsp3) is 0.429. The Kier molecular flexibility index (Phi) is 6.14. The molecule has 2 nitrogen and oxygen atoms in total. The molecule has 0 aliphatic rings.